The van der Waals surface area contributed by atoms with Crippen LogP contribution in [0.1, 0.15) is 12.5 Å². The monoisotopic (exact) mass is 332 g/mol. The van der Waals surface area contributed by atoms with E-state index in [4.69, 9.17) is 5.73 Å². The minimum absolute atomic E-state index is 0.177. The van der Waals surface area contributed by atoms with Gasteiger partial charge in [0.15, 0.2) is 0 Å². The van der Waals surface area contributed by atoms with Crippen molar-refractivity contribution in [2.24, 2.45) is 5.73 Å². The van der Waals surface area contributed by atoms with Crippen molar-refractivity contribution in [3.63, 3.8) is 0 Å². The van der Waals surface area contributed by atoms with Gasteiger partial charge in [-0.2, -0.15) is 13.2 Å². The number of carbonyl (C=O) groups is 3. The van der Waals surface area contributed by atoms with Crippen molar-refractivity contribution >= 4 is 17.8 Å². The third kappa shape index (κ3) is 6.07. The average Bonchev–Trinajstić information content (AvgIpc) is 2.46. The van der Waals surface area contributed by atoms with E-state index in [1.165, 1.54) is 0 Å². The van der Waals surface area contributed by atoms with Crippen molar-refractivity contribution in [1.29, 1.82) is 0 Å². The summed E-state index contributed by atoms with van der Waals surface area (Å²) in [7, 11) is 0. The molecule has 1 rings (SSSR count). The maximum Gasteiger partial charge on any atom is 0.491 e. The number of nitrogens with two attached hydrogens (primary N) is 1. The molecule has 0 fully saturated rings. The Balaban J connectivity index is 2.52. The van der Waals surface area contributed by atoms with Gasteiger partial charge in [0.1, 0.15) is 6.04 Å². The van der Waals surface area contributed by atoms with E-state index < -0.39 is 36.1 Å². The Bertz CT molecular complexity index is 575. The van der Waals surface area contributed by atoms with Crippen LogP contribution in [-0.2, 0) is 25.5 Å². The van der Waals surface area contributed by atoms with Crippen LogP contribution >= 0.6 is 0 Å². The van der Waals surface area contributed by atoms with Crippen LogP contribution < -0.4 is 11.1 Å². The number of alkyl halides is 3. The first kappa shape index (κ1) is 18.6. The van der Waals surface area contributed by atoms with Gasteiger partial charge in [0, 0.05) is 0 Å². The van der Waals surface area contributed by atoms with E-state index in [0.29, 0.717) is 0 Å². The molecular weight excluding hydrogens is 317 g/mol. The van der Waals surface area contributed by atoms with Gasteiger partial charge in [0.2, 0.25) is 5.91 Å². The number of benzene rings is 1. The van der Waals surface area contributed by atoms with Crippen LogP contribution in [0.15, 0.2) is 30.3 Å². The van der Waals surface area contributed by atoms with Crippen LogP contribution in [0, 0.1) is 0 Å². The molecule has 6 nitrogen and oxygen atoms in total. The molecule has 1 aromatic carbocycles. The zero-order valence-electron chi connectivity index (χ0n) is 12.1. The molecule has 126 valence electrons. The van der Waals surface area contributed by atoms with Crippen LogP contribution in [0.5, 0.6) is 0 Å². The standard InChI is InChI=1S/C14H15F3N2O4/c1-8(12(21)23-13(22)14(15,16)17)19-11(20)10(18)7-9-5-3-2-4-6-9/h2-6,8,10H,7,18H2,1H3,(H,19,20)/t8?,10-/m0/s1. The number of halogens is 3. The molecule has 0 aromatic heterocycles. The van der Waals surface area contributed by atoms with Gasteiger partial charge in [-0.15, -0.1) is 0 Å². The molecule has 0 saturated heterocycles. The summed E-state index contributed by atoms with van der Waals surface area (Å²) in [5.74, 6) is -4.91. The lowest BCUT2D eigenvalue weighted by Crippen LogP contribution is -2.49. The van der Waals surface area contributed by atoms with Gasteiger partial charge in [-0.3, -0.25) is 4.79 Å². The predicted octanol–water partition coefficient (Wildman–Crippen LogP) is 0.693. The molecule has 1 aromatic rings. The third-order valence-electron chi connectivity index (χ3n) is 2.77. The van der Waals surface area contributed by atoms with Crippen molar-refractivity contribution in [1.82, 2.24) is 5.32 Å². The zero-order chi connectivity index (χ0) is 17.6. The molecule has 0 aliphatic heterocycles. The SMILES string of the molecule is CC(NC(=O)[C@@H](N)Cc1ccccc1)C(=O)OC(=O)C(F)(F)F. The fourth-order valence-electron chi connectivity index (χ4n) is 1.58. The van der Waals surface area contributed by atoms with Gasteiger partial charge >= 0.3 is 18.1 Å². The van der Waals surface area contributed by atoms with Gasteiger partial charge < -0.3 is 15.8 Å². The summed E-state index contributed by atoms with van der Waals surface area (Å²) in [4.78, 5) is 33.6. The molecule has 0 heterocycles. The van der Waals surface area contributed by atoms with Crippen molar-refractivity contribution in [2.45, 2.75) is 31.6 Å². The molecule has 23 heavy (non-hydrogen) atoms. The first-order chi connectivity index (χ1) is 10.6. The molecule has 0 saturated carbocycles. The summed E-state index contributed by atoms with van der Waals surface area (Å²) >= 11 is 0. The lowest BCUT2D eigenvalue weighted by molar-refractivity contribution is -0.202. The van der Waals surface area contributed by atoms with E-state index in [-0.39, 0.29) is 6.42 Å². The predicted molar refractivity (Wildman–Crippen MR) is 72.9 cm³/mol. The first-order valence-electron chi connectivity index (χ1n) is 6.54. The molecule has 0 bridgehead atoms. The number of esters is 2. The fraction of sp³-hybridized carbons (Fsp3) is 0.357. The van der Waals surface area contributed by atoms with Crippen molar-refractivity contribution in [3.8, 4) is 0 Å². The second kappa shape index (κ2) is 7.73. The smallest absolute Gasteiger partial charge is 0.385 e. The summed E-state index contributed by atoms with van der Waals surface area (Å²) in [5.41, 5.74) is 6.43. The summed E-state index contributed by atoms with van der Waals surface area (Å²) in [5, 5.41) is 2.10. The Kier molecular flexibility index (Phi) is 6.26. The summed E-state index contributed by atoms with van der Waals surface area (Å²) in [6.07, 6.45) is -5.11. The molecule has 3 N–H and O–H groups in total. The summed E-state index contributed by atoms with van der Waals surface area (Å²) in [6, 6.07) is 6.32. The normalized spacial score (nSPS) is 13.8. The van der Waals surface area contributed by atoms with Gasteiger partial charge in [-0.1, -0.05) is 30.3 Å². The second-order valence-electron chi connectivity index (χ2n) is 4.73. The molecular formula is C14H15F3N2O4. The van der Waals surface area contributed by atoms with E-state index in [1.54, 1.807) is 30.3 Å². The summed E-state index contributed by atoms with van der Waals surface area (Å²) in [6.45, 7) is 1.08. The number of nitrogens with one attached hydrogen (secondary N) is 1. The highest BCUT2D eigenvalue weighted by atomic mass is 19.4. The largest absolute Gasteiger partial charge is 0.491 e. The van der Waals surface area contributed by atoms with Crippen LogP contribution in [0.3, 0.4) is 0 Å². The highest BCUT2D eigenvalue weighted by Gasteiger charge is 2.43. The molecule has 1 unspecified atom stereocenters. The number of carbonyl (C=O) groups excluding carboxylic acids is 3. The average molecular weight is 332 g/mol. The minimum atomic E-state index is -5.29. The zero-order valence-corrected chi connectivity index (χ0v) is 12.1. The number of hydrogen-bond acceptors (Lipinski definition) is 5. The number of ether oxygens (including phenoxy) is 1. The molecule has 0 radical (unpaired) electrons. The maximum absolute atomic E-state index is 12.0. The van der Waals surface area contributed by atoms with Gasteiger partial charge in [0.25, 0.3) is 0 Å². The number of hydrogen-bond donors (Lipinski definition) is 2. The molecule has 0 spiro atoms. The van der Waals surface area contributed by atoms with Crippen LogP contribution in [0.4, 0.5) is 13.2 Å². The molecule has 2 atom stereocenters. The van der Waals surface area contributed by atoms with Gasteiger partial charge in [-0.25, -0.2) is 9.59 Å². The van der Waals surface area contributed by atoms with Gasteiger partial charge in [0.05, 0.1) is 6.04 Å². The third-order valence-corrected chi connectivity index (χ3v) is 2.77. The van der Waals surface area contributed by atoms with Gasteiger partial charge in [-0.05, 0) is 18.9 Å². The van der Waals surface area contributed by atoms with Crippen molar-refractivity contribution in [2.75, 3.05) is 0 Å². The molecule has 0 aliphatic rings. The van der Waals surface area contributed by atoms with E-state index in [0.717, 1.165) is 12.5 Å². The van der Waals surface area contributed by atoms with E-state index in [1.807, 2.05) is 0 Å². The Hall–Kier alpha value is -2.42. The summed E-state index contributed by atoms with van der Waals surface area (Å²) < 4.78 is 39.5. The highest BCUT2D eigenvalue weighted by molar-refractivity contribution is 5.93. The highest BCUT2D eigenvalue weighted by Crippen LogP contribution is 2.16. The fourth-order valence-corrected chi connectivity index (χ4v) is 1.58. The van der Waals surface area contributed by atoms with E-state index >= 15 is 0 Å². The number of amides is 1. The van der Waals surface area contributed by atoms with Crippen molar-refractivity contribution in [3.05, 3.63) is 35.9 Å². The second-order valence-corrected chi connectivity index (χ2v) is 4.73. The molecule has 0 aliphatic carbocycles. The Morgan fingerprint density at radius 3 is 2.30 bits per heavy atom. The van der Waals surface area contributed by atoms with Crippen LogP contribution in [-0.4, -0.2) is 36.1 Å². The lowest BCUT2D eigenvalue weighted by Gasteiger charge is -2.16. The molecule has 9 heteroatoms. The Labute approximate surface area is 129 Å². The van der Waals surface area contributed by atoms with Crippen molar-refractivity contribution < 1.29 is 32.3 Å². The quantitative estimate of drug-likeness (QED) is 0.611. The lowest BCUT2D eigenvalue weighted by atomic mass is 10.1. The van der Waals surface area contributed by atoms with Crippen LogP contribution in [0.2, 0.25) is 0 Å². The maximum atomic E-state index is 12.0. The van der Waals surface area contributed by atoms with Crippen LogP contribution in [0.25, 0.3) is 0 Å². The topological polar surface area (TPSA) is 98.5 Å². The van der Waals surface area contributed by atoms with E-state index in [2.05, 4.69) is 10.1 Å². The Morgan fingerprint density at radius 1 is 1.22 bits per heavy atom. The first-order valence-corrected chi connectivity index (χ1v) is 6.54. The molecule has 1 amide bonds. The minimum Gasteiger partial charge on any atom is -0.385 e. The van der Waals surface area contributed by atoms with E-state index in [9.17, 15) is 27.6 Å². The number of rotatable bonds is 5. The Morgan fingerprint density at radius 2 is 1.78 bits per heavy atom.